The number of benzene rings is 1. The minimum atomic E-state index is 0.990. The molecule has 0 aliphatic rings. The summed E-state index contributed by atoms with van der Waals surface area (Å²) in [6.07, 6.45) is 1.10. The molecule has 17 heavy (non-hydrogen) atoms. The van der Waals surface area contributed by atoms with Gasteiger partial charge in [0.1, 0.15) is 0 Å². The van der Waals surface area contributed by atoms with Crippen LogP contribution in [0, 0.1) is 13.8 Å². The molecular formula is C15H19NS. The second-order valence-electron chi connectivity index (χ2n) is 4.43. The first-order valence-electron chi connectivity index (χ1n) is 6.05. The van der Waals surface area contributed by atoms with E-state index in [-0.39, 0.29) is 0 Å². The molecule has 1 aromatic heterocycles. The van der Waals surface area contributed by atoms with E-state index in [4.69, 9.17) is 0 Å². The van der Waals surface area contributed by atoms with Crippen LogP contribution in [0.1, 0.15) is 20.9 Å². The topological polar surface area (TPSA) is 12.0 Å². The first kappa shape index (κ1) is 12.3. The van der Waals surface area contributed by atoms with E-state index >= 15 is 0 Å². The predicted molar refractivity (Wildman–Crippen MR) is 75.6 cm³/mol. The molecule has 0 saturated heterocycles. The van der Waals surface area contributed by atoms with Crippen LogP contribution in [-0.2, 0) is 13.0 Å². The average Bonchev–Trinajstić information content (AvgIpc) is 2.71. The van der Waals surface area contributed by atoms with Gasteiger partial charge in [0, 0.05) is 16.3 Å². The summed E-state index contributed by atoms with van der Waals surface area (Å²) in [6.45, 7) is 6.33. The number of hydrogen-bond acceptors (Lipinski definition) is 2. The summed E-state index contributed by atoms with van der Waals surface area (Å²) in [5.74, 6) is 0. The lowest BCUT2D eigenvalue weighted by molar-refractivity contribution is 0.693. The highest BCUT2D eigenvalue weighted by molar-refractivity contribution is 7.11. The van der Waals surface area contributed by atoms with Gasteiger partial charge in [0.2, 0.25) is 0 Å². The smallest absolute Gasteiger partial charge is 0.0299 e. The Labute approximate surface area is 108 Å². The highest BCUT2D eigenvalue weighted by atomic mass is 32.1. The third-order valence-corrected chi connectivity index (χ3v) is 3.77. The van der Waals surface area contributed by atoms with Crippen molar-refractivity contribution in [3.8, 4) is 0 Å². The van der Waals surface area contributed by atoms with Crippen LogP contribution in [0.25, 0.3) is 0 Å². The molecule has 2 rings (SSSR count). The van der Waals surface area contributed by atoms with Crippen molar-refractivity contribution >= 4 is 11.3 Å². The Morgan fingerprint density at radius 3 is 2.71 bits per heavy atom. The van der Waals surface area contributed by atoms with E-state index < -0.39 is 0 Å². The molecule has 1 N–H and O–H groups in total. The van der Waals surface area contributed by atoms with E-state index in [2.05, 4.69) is 55.6 Å². The van der Waals surface area contributed by atoms with Gasteiger partial charge in [-0.05, 0) is 44.5 Å². The van der Waals surface area contributed by atoms with Crippen molar-refractivity contribution < 1.29 is 0 Å². The minimum absolute atomic E-state index is 0.990. The molecule has 0 amide bonds. The third-order valence-electron chi connectivity index (χ3n) is 2.77. The Kier molecular flexibility index (Phi) is 4.35. The lowest BCUT2D eigenvalue weighted by Crippen LogP contribution is -2.15. The zero-order valence-electron chi connectivity index (χ0n) is 10.5. The molecule has 0 atom stereocenters. The minimum Gasteiger partial charge on any atom is -0.312 e. The van der Waals surface area contributed by atoms with Crippen molar-refractivity contribution in [3.05, 3.63) is 57.3 Å². The molecule has 2 aromatic rings. The van der Waals surface area contributed by atoms with Crippen LogP contribution in [0.15, 0.2) is 36.4 Å². The van der Waals surface area contributed by atoms with Crippen LogP contribution >= 0.6 is 11.3 Å². The molecule has 1 nitrogen and oxygen atoms in total. The lowest BCUT2D eigenvalue weighted by atomic mass is 10.1. The molecule has 0 saturated carbocycles. The summed E-state index contributed by atoms with van der Waals surface area (Å²) in [5, 5.41) is 3.49. The van der Waals surface area contributed by atoms with Crippen LogP contribution in [0.4, 0.5) is 0 Å². The largest absolute Gasteiger partial charge is 0.312 e. The van der Waals surface area contributed by atoms with E-state index in [0.29, 0.717) is 0 Å². The van der Waals surface area contributed by atoms with Crippen molar-refractivity contribution in [2.75, 3.05) is 6.54 Å². The highest BCUT2D eigenvalue weighted by Crippen LogP contribution is 2.14. The quantitative estimate of drug-likeness (QED) is 0.792. The predicted octanol–water partition coefficient (Wildman–Crippen LogP) is 3.70. The van der Waals surface area contributed by atoms with Gasteiger partial charge < -0.3 is 5.32 Å². The van der Waals surface area contributed by atoms with Gasteiger partial charge in [-0.15, -0.1) is 11.3 Å². The summed E-state index contributed by atoms with van der Waals surface area (Å²) in [5.41, 5.74) is 2.76. The Morgan fingerprint density at radius 2 is 2.00 bits per heavy atom. The SMILES string of the molecule is Cc1cccc(CCNCc2ccc(C)s2)c1. The fourth-order valence-corrected chi connectivity index (χ4v) is 2.75. The van der Waals surface area contributed by atoms with Gasteiger partial charge in [0.25, 0.3) is 0 Å². The monoisotopic (exact) mass is 245 g/mol. The molecule has 0 aliphatic carbocycles. The number of aryl methyl sites for hydroxylation is 2. The van der Waals surface area contributed by atoms with Gasteiger partial charge in [-0.25, -0.2) is 0 Å². The van der Waals surface area contributed by atoms with Crippen molar-refractivity contribution in [3.63, 3.8) is 0 Å². The van der Waals surface area contributed by atoms with Crippen LogP contribution in [0.3, 0.4) is 0 Å². The van der Waals surface area contributed by atoms with Crippen molar-refractivity contribution in [1.29, 1.82) is 0 Å². The summed E-state index contributed by atoms with van der Waals surface area (Å²) < 4.78 is 0. The van der Waals surface area contributed by atoms with E-state index in [1.165, 1.54) is 20.9 Å². The fraction of sp³-hybridized carbons (Fsp3) is 0.333. The summed E-state index contributed by atoms with van der Waals surface area (Å²) >= 11 is 1.87. The van der Waals surface area contributed by atoms with E-state index in [1.807, 2.05) is 11.3 Å². The van der Waals surface area contributed by atoms with Crippen LogP contribution in [-0.4, -0.2) is 6.54 Å². The maximum atomic E-state index is 3.49. The second kappa shape index (κ2) is 5.99. The first-order chi connectivity index (χ1) is 8.24. The van der Waals surface area contributed by atoms with Gasteiger partial charge in [0.15, 0.2) is 0 Å². The maximum absolute atomic E-state index is 3.49. The van der Waals surface area contributed by atoms with Crippen LogP contribution in [0.5, 0.6) is 0 Å². The third kappa shape index (κ3) is 3.99. The van der Waals surface area contributed by atoms with Crippen LogP contribution < -0.4 is 5.32 Å². The number of rotatable bonds is 5. The van der Waals surface area contributed by atoms with E-state index in [0.717, 1.165) is 19.5 Å². The Balaban J connectivity index is 1.73. The molecule has 1 heterocycles. The van der Waals surface area contributed by atoms with Crippen LogP contribution in [0.2, 0.25) is 0 Å². The second-order valence-corrected chi connectivity index (χ2v) is 5.80. The molecule has 0 spiro atoms. The Hall–Kier alpha value is -1.12. The molecule has 90 valence electrons. The maximum Gasteiger partial charge on any atom is 0.0299 e. The number of hydrogen-bond donors (Lipinski definition) is 1. The number of thiophene rings is 1. The fourth-order valence-electron chi connectivity index (χ4n) is 1.89. The van der Waals surface area contributed by atoms with E-state index in [1.54, 1.807) is 0 Å². The number of nitrogens with one attached hydrogen (secondary N) is 1. The van der Waals surface area contributed by atoms with Gasteiger partial charge in [-0.2, -0.15) is 0 Å². The van der Waals surface area contributed by atoms with Crippen molar-refractivity contribution in [2.45, 2.75) is 26.8 Å². The molecule has 0 unspecified atom stereocenters. The molecule has 0 radical (unpaired) electrons. The molecule has 0 aliphatic heterocycles. The van der Waals surface area contributed by atoms with Gasteiger partial charge in [-0.3, -0.25) is 0 Å². The molecule has 0 bridgehead atoms. The molecule has 1 aromatic carbocycles. The highest BCUT2D eigenvalue weighted by Gasteiger charge is 1.97. The van der Waals surface area contributed by atoms with Crippen molar-refractivity contribution in [1.82, 2.24) is 5.32 Å². The van der Waals surface area contributed by atoms with Gasteiger partial charge in [0.05, 0.1) is 0 Å². The Bertz CT molecular complexity index is 473. The molecular weight excluding hydrogens is 226 g/mol. The summed E-state index contributed by atoms with van der Waals surface area (Å²) in [4.78, 5) is 2.81. The zero-order chi connectivity index (χ0) is 12.1. The molecule has 0 fully saturated rings. The summed E-state index contributed by atoms with van der Waals surface area (Å²) in [6, 6.07) is 13.1. The van der Waals surface area contributed by atoms with Gasteiger partial charge in [-0.1, -0.05) is 29.8 Å². The molecule has 2 heteroatoms. The lowest BCUT2D eigenvalue weighted by Gasteiger charge is -2.04. The summed E-state index contributed by atoms with van der Waals surface area (Å²) in [7, 11) is 0. The standard InChI is InChI=1S/C15H19NS/c1-12-4-3-5-14(10-12)8-9-16-11-15-7-6-13(2)17-15/h3-7,10,16H,8-9,11H2,1-2H3. The zero-order valence-corrected chi connectivity index (χ0v) is 11.3. The average molecular weight is 245 g/mol. The normalized spacial score (nSPS) is 10.7. The first-order valence-corrected chi connectivity index (χ1v) is 6.87. The van der Waals surface area contributed by atoms with E-state index in [9.17, 15) is 0 Å². The van der Waals surface area contributed by atoms with Crippen molar-refractivity contribution in [2.24, 2.45) is 0 Å². The van der Waals surface area contributed by atoms with Gasteiger partial charge >= 0.3 is 0 Å². The Morgan fingerprint density at radius 1 is 1.12 bits per heavy atom.